The van der Waals surface area contributed by atoms with Crippen molar-refractivity contribution in [3.05, 3.63) is 35.4 Å². The summed E-state index contributed by atoms with van der Waals surface area (Å²) in [5, 5.41) is 11.8. The number of amides is 1. The predicted octanol–water partition coefficient (Wildman–Crippen LogP) is 1.81. The van der Waals surface area contributed by atoms with Crippen molar-refractivity contribution in [2.24, 2.45) is 0 Å². The average Bonchev–Trinajstić information content (AvgIpc) is 2.15. The van der Waals surface area contributed by atoms with Crippen molar-refractivity contribution in [2.75, 3.05) is 6.61 Å². The summed E-state index contributed by atoms with van der Waals surface area (Å²) < 4.78 is 0. The highest BCUT2D eigenvalue weighted by atomic mass is 16.3. The molecule has 0 unspecified atom stereocenters. The molecule has 1 rings (SSSR count). The van der Waals surface area contributed by atoms with E-state index in [0.29, 0.717) is 12.8 Å². The second kappa shape index (κ2) is 5.82. The SMILES string of the molecule is Cc1cccc(CC(=O)NC(C)(C)CCO)c1. The Morgan fingerprint density at radius 1 is 1.41 bits per heavy atom. The van der Waals surface area contributed by atoms with Crippen LogP contribution in [0.1, 0.15) is 31.4 Å². The summed E-state index contributed by atoms with van der Waals surface area (Å²) in [4.78, 5) is 11.8. The summed E-state index contributed by atoms with van der Waals surface area (Å²) in [6.45, 7) is 5.92. The quantitative estimate of drug-likeness (QED) is 0.818. The molecule has 1 amide bonds. The molecule has 0 saturated heterocycles. The molecule has 94 valence electrons. The van der Waals surface area contributed by atoms with Crippen molar-refractivity contribution in [3.8, 4) is 0 Å². The van der Waals surface area contributed by atoms with Gasteiger partial charge in [0.05, 0.1) is 6.42 Å². The molecule has 0 fully saturated rings. The molecule has 0 heterocycles. The molecule has 0 aromatic heterocycles. The highest BCUT2D eigenvalue weighted by Gasteiger charge is 2.19. The standard InChI is InChI=1S/C14H21NO2/c1-11-5-4-6-12(9-11)10-13(17)15-14(2,3)7-8-16/h4-6,9,16H,7-8,10H2,1-3H3,(H,15,17). The third kappa shape index (κ3) is 5.00. The first-order valence-electron chi connectivity index (χ1n) is 5.90. The van der Waals surface area contributed by atoms with Crippen molar-refractivity contribution in [2.45, 2.75) is 39.2 Å². The Labute approximate surface area is 103 Å². The van der Waals surface area contributed by atoms with E-state index in [0.717, 1.165) is 11.1 Å². The van der Waals surface area contributed by atoms with Gasteiger partial charge in [-0.05, 0) is 32.8 Å². The third-order valence-electron chi connectivity index (χ3n) is 2.66. The number of rotatable bonds is 5. The number of aryl methyl sites for hydroxylation is 1. The van der Waals surface area contributed by atoms with Crippen LogP contribution in [0.3, 0.4) is 0 Å². The van der Waals surface area contributed by atoms with Gasteiger partial charge in [0.2, 0.25) is 5.91 Å². The summed E-state index contributed by atoms with van der Waals surface area (Å²) in [7, 11) is 0. The van der Waals surface area contributed by atoms with Gasteiger partial charge in [-0.2, -0.15) is 0 Å². The van der Waals surface area contributed by atoms with E-state index in [1.807, 2.05) is 45.0 Å². The van der Waals surface area contributed by atoms with E-state index in [2.05, 4.69) is 5.32 Å². The lowest BCUT2D eigenvalue weighted by atomic mass is 10.0. The number of nitrogens with one attached hydrogen (secondary N) is 1. The van der Waals surface area contributed by atoms with Gasteiger partial charge < -0.3 is 10.4 Å². The van der Waals surface area contributed by atoms with E-state index in [4.69, 9.17) is 5.11 Å². The van der Waals surface area contributed by atoms with Gasteiger partial charge in [0.1, 0.15) is 0 Å². The fraction of sp³-hybridized carbons (Fsp3) is 0.500. The average molecular weight is 235 g/mol. The normalized spacial score (nSPS) is 11.3. The van der Waals surface area contributed by atoms with Gasteiger partial charge in [-0.15, -0.1) is 0 Å². The van der Waals surface area contributed by atoms with Crippen molar-refractivity contribution in [1.29, 1.82) is 0 Å². The predicted molar refractivity (Wildman–Crippen MR) is 68.8 cm³/mol. The Morgan fingerprint density at radius 2 is 2.12 bits per heavy atom. The molecule has 0 radical (unpaired) electrons. The molecule has 2 N–H and O–H groups in total. The molecule has 1 aromatic rings. The number of benzene rings is 1. The zero-order valence-corrected chi connectivity index (χ0v) is 10.8. The molecule has 0 atom stereocenters. The number of hydrogen-bond acceptors (Lipinski definition) is 2. The van der Waals surface area contributed by atoms with Gasteiger partial charge in [0.25, 0.3) is 0 Å². The Balaban J connectivity index is 2.55. The second-order valence-electron chi connectivity index (χ2n) is 5.07. The van der Waals surface area contributed by atoms with Crippen LogP contribution in [-0.4, -0.2) is 23.2 Å². The minimum absolute atomic E-state index is 0.00551. The number of carbonyl (C=O) groups excluding carboxylic acids is 1. The maximum absolute atomic E-state index is 11.8. The van der Waals surface area contributed by atoms with E-state index in [1.54, 1.807) is 0 Å². The van der Waals surface area contributed by atoms with Gasteiger partial charge >= 0.3 is 0 Å². The van der Waals surface area contributed by atoms with Crippen LogP contribution in [0.2, 0.25) is 0 Å². The maximum atomic E-state index is 11.8. The Hall–Kier alpha value is -1.35. The molecule has 3 nitrogen and oxygen atoms in total. The summed E-state index contributed by atoms with van der Waals surface area (Å²) in [6, 6.07) is 7.93. The van der Waals surface area contributed by atoms with Crippen LogP contribution < -0.4 is 5.32 Å². The summed E-state index contributed by atoms with van der Waals surface area (Å²) in [5.74, 6) is -0.00551. The van der Waals surface area contributed by atoms with Crippen LogP contribution in [-0.2, 0) is 11.2 Å². The molecule has 3 heteroatoms. The lowest BCUT2D eigenvalue weighted by Crippen LogP contribution is -2.44. The summed E-state index contributed by atoms with van der Waals surface area (Å²) >= 11 is 0. The van der Waals surface area contributed by atoms with E-state index < -0.39 is 0 Å². The number of carbonyl (C=O) groups is 1. The zero-order valence-electron chi connectivity index (χ0n) is 10.8. The van der Waals surface area contributed by atoms with E-state index in [-0.39, 0.29) is 18.1 Å². The highest BCUT2D eigenvalue weighted by molar-refractivity contribution is 5.79. The molecule has 0 aliphatic rings. The fourth-order valence-corrected chi connectivity index (χ4v) is 1.77. The Morgan fingerprint density at radius 3 is 2.71 bits per heavy atom. The second-order valence-corrected chi connectivity index (χ2v) is 5.07. The van der Waals surface area contributed by atoms with Crippen molar-refractivity contribution in [1.82, 2.24) is 5.32 Å². The molecule has 0 saturated carbocycles. The Bertz CT molecular complexity index is 386. The monoisotopic (exact) mass is 235 g/mol. The third-order valence-corrected chi connectivity index (χ3v) is 2.66. The Kier molecular flexibility index (Phi) is 4.70. The van der Waals surface area contributed by atoms with Gasteiger partial charge in [0, 0.05) is 12.1 Å². The molecule has 0 aliphatic carbocycles. The van der Waals surface area contributed by atoms with Gasteiger partial charge in [-0.1, -0.05) is 29.8 Å². The lowest BCUT2D eigenvalue weighted by molar-refractivity contribution is -0.122. The van der Waals surface area contributed by atoms with Crippen LogP contribution in [0.15, 0.2) is 24.3 Å². The summed E-state index contributed by atoms with van der Waals surface area (Å²) in [6.07, 6.45) is 0.948. The molecule has 0 bridgehead atoms. The number of hydrogen-bond donors (Lipinski definition) is 2. The molecular formula is C14H21NO2. The molecule has 1 aromatic carbocycles. The number of aliphatic hydroxyl groups excluding tert-OH is 1. The van der Waals surface area contributed by atoms with Crippen LogP contribution in [0.25, 0.3) is 0 Å². The van der Waals surface area contributed by atoms with Crippen molar-refractivity contribution < 1.29 is 9.90 Å². The largest absolute Gasteiger partial charge is 0.396 e. The molecule has 17 heavy (non-hydrogen) atoms. The first kappa shape index (κ1) is 13.7. The minimum atomic E-state index is -0.352. The van der Waals surface area contributed by atoms with Crippen LogP contribution >= 0.6 is 0 Å². The van der Waals surface area contributed by atoms with E-state index in [1.165, 1.54) is 0 Å². The van der Waals surface area contributed by atoms with Crippen molar-refractivity contribution >= 4 is 5.91 Å². The molecule has 0 spiro atoms. The molecular weight excluding hydrogens is 214 g/mol. The van der Waals surface area contributed by atoms with Gasteiger partial charge in [0.15, 0.2) is 0 Å². The van der Waals surface area contributed by atoms with Gasteiger partial charge in [-0.3, -0.25) is 4.79 Å². The maximum Gasteiger partial charge on any atom is 0.224 e. The first-order valence-corrected chi connectivity index (χ1v) is 5.90. The lowest BCUT2D eigenvalue weighted by Gasteiger charge is -2.25. The minimum Gasteiger partial charge on any atom is -0.396 e. The van der Waals surface area contributed by atoms with E-state index in [9.17, 15) is 4.79 Å². The molecule has 0 aliphatic heterocycles. The van der Waals surface area contributed by atoms with Crippen LogP contribution in [0.4, 0.5) is 0 Å². The zero-order chi connectivity index (χ0) is 12.9. The van der Waals surface area contributed by atoms with Crippen LogP contribution in [0, 0.1) is 6.92 Å². The smallest absolute Gasteiger partial charge is 0.224 e. The summed E-state index contributed by atoms with van der Waals surface area (Å²) in [5.41, 5.74) is 1.82. The highest BCUT2D eigenvalue weighted by Crippen LogP contribution is 2.09. The van der Waals surface area contributed by atoms with Gasteiger partial charge in [-0.25, -0.2) is 0 Å². The number of aliphatic hydroxyl groups is 1. The van der Waals surface area contributed by atoms with E-state index >= 15 is 0 Å². The van der Waals surface area contributed by atoms with Crippen LogP contribution in [0.5, 0.6) is 0 Å². The topological polar surface area (TPSA) is 49.3 Å². The fourth-order valence-electron chi connectivity index (χ4n) is 1.77. The first-order chi connectivity index (χ1) is 7.93. The van der Waals surface area contributed by atoms with Crippen molar-refractivity contribution in [3.63, 3.8) is 0 Å².